The van der Waals surface area contributed by atoms with Crippen LogP contribution in [0.3, 0.4) is 0 Å². The van der Waals surface area contributed by atoms with Crippen LogP contribution >= 0.6 is 11.6 Å². The lowest BCUT2D eigenvalue weighted by atomic mass is 10.3. The SMILES string of the molecule is C#CCN(C(=O)Nc1ccc(Cl)cc1)C(C)C. The molecule has 0 aliphatic carbocycles. The number of anilines is 1. The molecule has 0 atom stereocenters. The molecule has 1 N–H and O–H groups in total. The highest BCUT2D eigenvalue weighted by Crippen LogP contribution is 2.14. The van der Waals surface area contributed by atoms with Crippen LogP contribution in [-0.4, -0.2) is 23.5 Å². The number of urea groups is 1. The molecule has 0 bridgehead atoms. The smallest absolute Gasteiger partial charge is 0.311 e. The molecule has 3 nitrogen and oxygen atoms in total. The van der Waals surface area contributed by atoms with Gasteiger partial charge >= 0.3 is 6.03 Å². The first-order valence-electron chi connectivity index (χ1n) is 5.31. The number of carbonyl (C=O) groups is 1. The highest BCUT2D eigenvalue weighted by Gasteiger charge is 2.15. The fraction of sp³-hybridized carbons (Fsp3) is 0.308. The number of carbonyl (C=O) groups excluding carboxylic acids is 1. The number of hydrogen-bond donors (Lipinski definition) is 1. The highest BCUT2D eigenvalue weighted by molar-refractivity contribution is 6.30. The highest BCUT2D eigenvalue weighted by atomic mass is 35.5. The normalized spacial score (nSPS) is 9.82. The minimum Gasteiger partial charge on any atom is -0.311 e. The second kappa shape index (κ2) is 6.17. The van der Waals surface area contributed by atoms with E-state index in [0.717, 1.165) is 0 Å². The number of nitrogens with zero attached hydrogens (tertiary/aromatic N) is 1. The van der Waals surface area contributed by atoms with Gasteiger partial charge in [0, 0.05) is 16.8 Å². The quantitative estimate of drug-likeness (QED) is 0.821. The molecule has 0 heterocycles. The number of rotatable bonds is 3. The van der Waals surface area contributed by atoms with Gasteiger partial charge in [-0.2, -0.15) is 0 Å². The molecule has 0 spiro atoms. The molecule has 0 aliphatic rings. The summed E-state index contributed by atoms with van der Waals surface area (Å²) in [5.41, 5.74) is 0.696. The van der Waals surface area contributed by atoms with E-state index in [1.54, 1.807) is 29.2 Å². The van der Waals surface area contributed by atoms with Gasteiger partial charge < -0.3 is 10.2 Å². The van der Waals surface area contributed by atoms with Crippen LogP contribution in [0.15, 0.2) is 24.3 Å². The van der Waals surface area contributed by atoms with Crippen molar-refractivity contribution in [2.45, 2.75) is 19.9 Å². The lowest BCUT2D eigenvalue weighted by Crippen LogP contribution is -2.40. The summed E-state index contributed by atoms with van der Waals surface area (Å²) in [4.78, 5) is 13.5. The molecular weight excluding hydrogens is 236 g/mol. The van der Waals surface area contributed by atoms with Gasteiger partial charge in [-0.15, -0.1) is 6.42 Å². The first-order valence-corrected chi connectivity index (χ1v) is 5.69. The second-order valence-corrected chi connectivity index (χ2v) is 4.30. The maximum atomic E-state index is 11.9. The molecule has 90 valence electrons. The standard InChI is InChI=1S/C13H15ClN2O/c1-4-9-16(10(2)3)13(17)15-12-7-5-11(14)6-8-12/h1,5-8,10H,9H2,2-3H3,(H,15,17). The molecule has 1 rings (SSSR count). The molecular formula is C13H15ClN2O. The molecule has 1 aromatic rings. The van der Waals surface area contributed by atoms with Crippen molar-refractivity contribution >= 4 is 23.3 Å². The third kappa shape index (κ3) is 4.01. The maximum Gasteiger partial charge on any atom is 0.322 e. The third-order valence-corrected chi connectivity index (χ3v) is 2.49. The number of halogens is 1. The van der Waals surface area contributed by atoms with Crippen LogP contribution in [0.25, 0.3) is 0 Å². The van der Waals surface area contributed by atoms with Gasteiger partial charge in [-0.1, -0.05) is 17.5 Å². The Kier molecular flexibility index (Phi) is 4.86. The van der Waals surface area contributed by atoms with Gasteiger partial charge in [-0.05, 0) is 38.1 Å². The number of nitrogens with one attached hydrogen (secondary N) is 1. The zero-order valence-corrected chi connectivity index (χ0v) is 10.7. The molecule has 4 heteroatoms. The minimum absolute atomic E-state index is 0.0540. The van der Waals surface area contributed by atoms with Crippen LogP contribution in [0.2, 0.25) is 5.02 Å². The van der Waals surface area contributed by atoms with Gasteiger partial charge in [0.05, 0.1) is 6.54 Å². The van der Waals surface area contributed by atoms with E-state index < -0.39 is 0 Å². The summed E-state index contributed by atoms with van der Waals surface area (Å²) in [6.07, 6.45) is 5.23. The van der Waals surface area contributed by atoms with Crippen LogP contribution in [0.1, 0.15) is 13.8 Å². The van der Waals surface area contributed by atoms with Crippen molar-refractivity contribution in [1.82, 2.24) is 4.90 Å². The Morgan fingerprint density at radius 1 is 1.47 bits per heavy atom. The number of benzene rings is 1. The maximum absolute atomic E-state index is 11.9. The van der Waals surface area contributed by atoms with E-state index in [9.17, 15) is 4.79 Å². The van der Waals surface area contributed by atoms with Crippen molar-refractivity contribution < 1.29 is 4.79 Å². The van der Waals surface area contributed by atoms with Crippen LogP contribution in [0.5, 0.6) is 0 Å². The minimum atomic E-state index is -0.208. The predicted octanol–water partition coefficient (Wildman–Crippen LogP) is 3.22. The van der Waals surface area contributed by atoms with Gasteiger partial charge in [0.25, 0.3) is 0 Å². The number of hydrogen-bond acceptors (Lipinski definition) is 1. The fourth-order valence-corrected chi connectivity index (χ4v) is 1.44. The summed E-state index contributed by atoms with van der Waals surface area (Å²) in [6, 6.07) is 6.78. The van der Waals surface area contributed by atoms with Crippen LogP contribution < -0.4 is 5.32 Å². The Hall–Kier alpha value is -1.66. The Balaban J connectivity index is 2.70. The average Bonchev–Trinajstić information content (AvgIpc) is 2.28. The molecule has 0 fully saturated rings. The lowest BCUT2D eigenvalue weighted by molar-refractivity contribution is 0.205. The average molecular weight is 251 g/mol. The van der Waals surface area contributed by atoms with E-state index in [1.807, 2.05) is 13.8 Å². The van der Waals surface area contributed by atoms with Gasteiger partial charge in [0.2, 0.25) is 0 Å². The van der Waals surface area contributed by atoms with Crippen molar-refractivity contribution in [3.05, 3.63) is 29.3 Å². The lowest BCUT2D eigenvalue weighted by Gasteiger charge is -2.24. The third-order valence-electron chi connectivity index (χ3n) is 2.24. The summed E-state index contributed by atoms with van der Waals surface area (Å²) in [5.74, 6) is 2.47. The topological polar surface area (TPSA) is 32.3 Å². The van der Waals surface area contributed by atoms with Gasteiger partial charge in [-0.25, -0.2) is 4.79 Å². The Morgan fingerprint density at radius 3 is 2.53 bits per heavy atom. The van der Waals surface area contributed by atoms with Crippen molar-refractivity contribution in [1.29, 1.82) is 0 Å². The van der Waals surface area contributed by atoms with Crippen LogP contribution in [-0.2, 0) is 0 Å². The van der Waals surface area contributed by atoms with Gasteiger partial charge in [0.1, 0.15) is 0 Å². The first kappa shape index (κ1) is 13.4. The molecule has 1 aromatic carbocycles. The van der Waals surface area contributed by atoms with Gasteiger partial charge in [0.15, 0.2) is 0 Å². The largest absolute Gasteiger partial charge is 0.322 e. The molecule has 2 amide bonds. The molecule has 0 unspecified atom stereocenters. The molecule has 0 radical (unpaired) electrons. The molecule has 0 aliphatic heterocycles. The zero-order chi connectivity index (χ0) is 12.8. The molecule has 0 saturated carbocycles. The summed E-state index contributed by atoms with van der Waals surface area (Å²) >= 11 is 5.76. The monoisotopic (exact) mass is 250 g/mol. The summed E-state index contributed by atoms with van der Waals surface area (Å²) in [7, 11) is 0. The van der Waals surface area contributed by atoms with E-state index in [0.29, 0.717) is 10.7 Å². The van der Waals surface area contributed by atoms with Gasteiger partial charge in [-0.3, -0.25) is 0 Å². The predicted molar refractivity (Wildman–Crippen MR) is 71.1 cm³/mol. The molecule has 17 heavy (non-hydrogen) atoms. The molecule has 0 saturated heterocycles. The summed E-state index contributed by atoms with van der Waals surface area (Å²) in [5, 5.41) is 3.40. The van der Waals surface area contributed by atoms with E-state index in [4.69, 9.17) is 18.0 Å². The van der Waals surface area contributed by atoms with E-state index >= 15 is 0 Å². The number of amides is 2. The fourth-order valence-electron chi connectivity index (χ4n) is 1.32. The number of terminal acetylenes is 1. The van der Waals surface area contributed by atoms with Crippen molar-refractivity contribution in [2.75, 3.05) is 11.9 Å². The zero-order valence-electron chi connectivity index (χ0n) is 9.90. The van der Waals surface area contributed by atoms with Crippen molar-refractivity contribution in [2.24, 2.45) is 0 Å². The molecule has 0 aromatic heterocycles. The Morgan fingerprint density at radius 2 is 2.06 bits per heavy atom. The second-order valence-electron chi connectivity index (χ2n) is 3.86. The summed E-state index contributed by atoms with van der Waals surface area (Å²) in [6.45, 7) is 4.12. The summed E-state index contributed by atoms with van der Waals surface area (Å²) < 4.78 is 0. The first-order chi connectivity index (χ1) is 8.04. The van der Waals surface area contributed by atoms with Crippen LogP contribution in [0.4, 0.5) is 10.5 Å². The van der Waals surface area contributed by atoms with Crippen molar-refractivity contribution in [3.8, 4) is 12.3 Å². The van der Waals surface area contributed by atoms with Crippen LogP contribution in [0, 0.1) is 12.3 Å². The Bertz CT molecular complexity index is 420. The van der Waals surface area contributed by atoms with E-state index in [-0.39, 0.29) is 18.6 Å². The van der Waals surface area contributed by atoms with Crippen molar-refractivity contribution in [3.63, 3.8) is 0 Å². The Labute approximate surface area is 107 Å². The van der Waals surface area contributed by atoms with E-state index in [2.05, 4.69) is 11.2 Å². The van der Waals surface area contributed by atoms with E-state index in [1.165, 1.54) is 0 Å².